The van der Waals surface area contributed by atoms with E-state index in [-0.39, 0.29) is 0 Å². The molecule has 96 valence electrons. The molecule has 1 N–H and O–H groups in total. The lowest BCUT2D eigenvalue weighted by molar-refractivity contribution is 0.232. The second kappa shape index (κ2) is 6.45. The van der Waals surface area contributed by atoms with Gasteiger partial charge in [0, 0.05) is 19.6 Å². The molecule has 1 rings (SSSR count). The van der Waals surface area contributed by atoms with Crippen molar-refractivity contribution in [2.75, 3.05) is 27.7 Å². The van der Waals surface area contributed by atoms with Gasteiger partial charge in [0.25, 0.3) is 0 Å². The van der Waals surface area contributed by atoms with Crippen LogP contribution in [0, 0.1) is 5.92 Å². The van der Waals surface area contributed by atoms with Crippen LogP contribution in [0.3, 0.4) is 0 Å². The Hall–Kier alpha value is -1.29. The Balaban J connectivity index is 2.59. The highest BCUT2D eigenvalue weighted by Crippen LogP contribution is 2.07. The third-order valence-corrected chi connectivity index (χ3v) is 2.89. The van der Waals surface area contributed by atoms with Crippen LogP contribution in [0.1, 0.15) is 19.6 Å². The first kappa shape index (κ1) is 13.8. The highest BCUT2D eigenvalue weighted by molar-refractivity contribution is 5.96. The molecule has 4 nitrogen and oxygen atoms in total. The Kier molecular flexibility index (Phi) is 5.22. The molecular weight excluding hydrogens is 214 g/mol. The lowest BCUT2D eigenvalue weighted by atomic mass is 10.0. The quantitative estimate of drug-likeness (QED) is 0.627. The summed E-state index contributed by atoms with van der Waals surface area (Å²) in [6.07, 6.45) is 1.66. The van der Waals surface area contributed by atoms with Gasteiger partial charge in [0.2, 0.25) is 0 Å². The number of furan rings is 1. The second-order valence-corrected chi connectivity index (χ2v) is 4.71. The smallest absolute Gasteiger partial charge is 0.168 e. The van der Waals surface area contributed by atoms with E-state index in [9.17, 15) is 0 Å². The van der Waals surface area contributed by atoms with Gasteiger partial charge in [-0.3, -0.25) is 4.99 Å². The highest BCUT2D eigenvalue weighted by atomic mass is 16.3. The fourth-order valence-corrected chi connectivity index (χ4v) is 1.91. The number of aliphatic imine (C=N–C) groups is 1. The third-order valence-electron chi connectivity index (χ3n) is 2.89. The van der Waals surface area contributed by atoms with E-state index in [0.29, 0.717) is 12.0 Å². The minimum Gasteiger partial charge on any atom is -0.461 e. The Bertz CT molecular complexity index is 334. The number of amidine groups is 1. The average Bonchev–Trinajstić information content (AvgIpc) is 2.76. The summed E-state index contributed by atoms with van der Waals surface area (Å²) < 4.78 is 5.33. The van der Waals surface area contributed by atoms with Crippen molar-refractivity contribution < 1.29 is 4.42 Å². The van der Waals surface area contributed by atoms with Crippen LogP contribution in [0.5, 0.6) is 0 Å². The van der Waals surface area contributed by atoms with Crippen molar-refractivity contribution in [2.45, 2.75) is 19.9 Å². The average molecular weight is 237 g/mol. The Morgan fingerprint density at radius 1 is 1.47 bits per heavy atom. The SMILES string of the molecule is CN=C(NC[C@@H](C(C)C)N(C)C)c1ccco1. The van der Waals surface area contributed by atoms with Crippen molar-refractivity contribution in [3.8, 4) is 0 Å². The van der Waals surface area contributed by atoms with E-state index in [0.717, 1.165) is 18.1 Å². The van der Waals surface area contributed by atoms with E-state index < -0.39 is 0 Å². The minimum absolute atomic E-state index is 0.474. The van der Waals surface area contributed by atoms with Crippen LogP contribution in [-0.4, -0.2) is 44.5 Å². The standard InChI is InChI=1S/C13H23N3O/c1-10(2)11(16(4)5)9-15-13(14-3)12-7-6-8-17-12/h6-8,10-11H,9H2,1-5H3,(H,14,15)/t11-/m0/s1. The molecule has 0 saturated carbocycles. The Morgan fingerprint density at radius 3 is 2.59 bits per heavy atom. The summed E-state index contributed by atoms with van der Waals surface area (Å²) in [6, 6.07) is 4.26. The molecule has 0 radical (unpaired) electrons. The Labute approximate surface area is 104 Å². The maximum atomic E-state index is 5.33. The first-order chi connectivity index (χ1) is 8.06. The van der Waals surface area contributed by atoms with E-state index in [2.05, 4.69) is 43.2 Å². The van der Waals surface area contributed by atoms with Gasteiger partial charge in [0.15, 0.2) is 11.6 Å². The molecule has 4 heteroatoms. The van der Waals surface area contributed by atoms with Crippen LogP contribution < -0.4 is 5.32 Å². The normalized spacial score (nSPS) is 14.4. The molecular formula is C13H23N3O. The Morgan fingerprint density at radius 2 is 2.18 bits per heavy atom. The molecule has 0 spiro atoms. The zero-order chi connectivity index (χ0) is 12.8. The van der Waals surface area contributed by atoms with Gasteiger partial charge in [0.1, 0.15) is 0 Å². The molecule has 0 amide bonds. The van der Waals surface area contributed by atoms with Gasteiger partial charge in [0.05, 0.1) is 6.26 Å². The lowest BCUT2D eigenvalue weighted by Crippen LogP contribution is -2.43. The zero-order valence-electron chi connectivity index (χ0n) is 11.4. The molecule has 0 saturated heterocycles. The number of likely N-dealkylation sites (N-methyl/N-ethyl adjacent to an activating group) is 1. The van der Waals surface area contributed by atoms with Gasteiger partial charge >= 0.3 is 0 Å². The zero-order valence-corrected chi connectivity index (χ0v) is 11.4. The van der Waals surface area contributed by atoms with Crippen LogP contribution in [0.4, 0.5) is 0 Å². The fraction of sp³-hybridized carbons (Fsp3) is 0.615. The van der Waals surface area contributed by atoms with Crippen molar-refractivity contribution in [3.63, 3.8) is 0 Å². The summed E-state index contributed by atoms with van der Waals surface area (Å²) in [4.78, 5) is 6.44. The predicted octanol–water partition coefficient (Wildman–Crippen LogP) is 1.83. The summed E-state index contributed by atoms with van der Waals surface area (Å²) in [5.74, 6) is 2.18. The molecule has 0 unspecified atom stereocenters. The summed E-state index contributed by atoms with van der Waals surface area (Å²) in [5, 5.41) is 3.35. The van der Waals surface area contributed by atoms with Crippen LogP contribution in [0.2, 0.25) is 0 Å². The van der Waals surface area contributed by atoms with E-state index >= 15 is 0 Å². The molecule has 0 aromatic carbocycles. The maximum absolute atomic E-state index is 5.33. The molecule has 17 heavy (non-hydrogen) atoms. The third kappa shape index (κ3) is 3.89. The molecule has 0 bridgehead atoms. The van der Waals surface area contributed by atoms with Gasteiger partial charge < -0.3 is 14.6 Å². The van der Waals surface area contributed by atoms with Gasteiger partial charge in [-0.15, -0.1) is 0 Å². The van der Waals surface area contributed by atoms with E-state index in [1.807, 2.05) is 12.1 Å². The van der Waals surface area contributed by atoms with Crippen molar-refractivity contribution in [3.05, 3.63) is 24.2 Å². The molecule has 1 aromatic heterocycles. The predicted molar refractivity (Wildman–Crippen MR) is 71.5 cm³/mol. The van der Waals surface area contributed by atoms with Crippen LogP contribution in [-0.2, 0) is 0 Å². The molecule has 0 fully saturated rings. The van der Waals surface area contributed by atoms with Crippen LogP contribution >= 0.6 is 0 Å². The molecule has 0 aliphatic rings. The monoisotopic (exact) mass is 237 g/mol. The van der Waals surface area contributed by atoms with Gasteiger partial charge in [-0.25, -0.2) is 0 Å². The molecule has 1 heterocycles. The minimum atomic E-state index is 0.474. The fourth-order valence-electron chi connectivity index (χ4n) is 1.91. The second-order valence-electron chi connectivity index (χ2n) is 4.71. The van der Waals surface area contributed by atoms with Crippen molar-refractivity contribution in [1.82, 2.24) is 10.2 Å². The molecule has 0 aliphatic carbocycles. The number of hydrogen-bond donors (Lipinski definition) is 1. The highest BCUT2D eigenvalue weighted by Gasteiger charge is 2.16. The van der Waals surface area contributed by atoms with E-state index in [4.69, 9.17) is 4.42 Å². The van der Waals surface area contributed by atoms with Gasteiger partial charge in [-0.05, 0) is 32.1 Å². The van der Waals surface area contributed by atoms with E-state index in [1.165, 1.54) is 0 Å². The summed E-state index contributed by atoms with van der Waals surface area (Å²) in [5.41, 5.74) is 0. The van der Waals surface area contributed by atoms with Crippen LogP contribution in [0.15, 0.2) is 27.8 Å². The topological polar surface area (TPSA) is 40.8 Å². The lowest BCUT2D eigenvalue weighted by Gasteiger charge is -2.28. The largest absolute Gasteiger partial charge is 0.461 e. The summed E-state index contributed by atoms with van der Waals surface area (Å²) in [6.45, 7) is 5.31. The summed E-state index contributed by atoms with van der Waals surface area (Å²) in [7, 11) is 5.97. The summed E-state index contributed by atoms with van der Waals surface area (Å²) >= 11 is 0. The van der Waals surface area contributed by atoms with Crippen molar-refractivity contribution in [1.29, 1.82) is 0 Å². The van der Waals surface area contributed by atoms with Crippen molar-refractivity contribution in [2.24, 2.45) is 10.9 Å². The molecule has 1 aromatic rings. The first-order valence-corrected chi connectivity index (χ1v) is 5.97. The molecule has 1 atom stereocenters. The van der Waals surface area contributed by atoms with E-state index in [1.54, 1.807) is 13.3 Å². The maximum Gasteiger partial charge on any atom is 0.168 e. The molecule has 0 aliphatic heterocycles. The van der Waals surface area contributed by atoms with Gasteiger partial charge in [-0.2, -0.15) is 0 Å². The number of rotatable bonds is 5. The number of nitrogens with one attached hydrogen (secondary N) is 1. The first-order valence-electron chi connectivity index (χ1n) is 5.97. The van der Waals surface area contributed by atoms with Crippen molar-refractivity contribution >= 4 is 5.84 Å². The number of nitrogens with zero attached hydrogens (tertiary/aromatic N) is 2. The number of hydrogen-bond acceptors (Lipinski definition) is 3. The van der Waals surface area contributed by atoms with Crippen LogP contribution in [0.25, 0.3) is 0 Å². The van der Waals surface area contributed by atoms with Gasteiger partial charge in [-0.1, -0.05) is 13.8 Å².